The van der Waals surface area contributed by atoms with E-state index in [1.54, 1.807) is 0 Å². The van der Waals surface area contributed by atoms with Crippen molar-refractivity contribution >= 4 is 5.76 Å². The number of fused-ring (bicyclic) bond motifs is 1. The highest BCUT2D eigenvalue weighted by molar-refractivity contribution is 5.58. The highest BCUT2D eigenvalue weighted by atomic mass is 16.5. The highest BCUT2D eigenvalue weighted by Gasteiger charge is 2.18. The molecule has 0 bridgehead atoms. The number of ether oxygens (including phenoxy) is 1. The standard InChI is InChI=1S/C16H25NO/c1-4-6-13(3)12-14-8-9-15-16(7-5-2)18-11-10-17(14)15/h7-9,13H,4-6,10-12H2,1-3H3/b16-7+. The molecule has 0 aromatic carbocycles. The Hall–Kier alpha value is -1.18. The highest BCUT2D eigenvalue weighted by Crippen LogP contribution is 2.26. The van der Waals surface area contributed by atoms with E-state index in [0.29, 0.717) is 0 Å². The van der Waals surface area contributed by atoms with Crippen molar-refractivity contribution in [3.8, 4) is 0 Å². The summed E-state index contributed by atoms with van der Waals surface area (Å²) in [6.07, 6.45) is 6.99. The van der Waals surface area contributed by atoms with Gasteiger partial charge in [-0.2, -0.15) is 0 Å². The van der Waals surface area contributed by atoms with Gasteiger partial charge in [0.15, 0.2) is 0 Å². The molecule has 1 aromatic heterocycles. The molecule has 2 rings (SSSR count). The average molecular weight is 247 g/mol. The second-order valence-electron chi connectivity index (χ2n) is 5.28. The van der Waals surface area contributed by atoms with Crippen molar-refractivity contribution in [1.29, 1.82) is 0 Å². The lowest BCUT2D eigenvalue weighted by molar-refractivity contribution is 0.234. The second kappa shape index (κ2) is 6.12. The van der Waals surface area contributed by atoms with E-state index < -0.39 is 0 Å². The van der Waals surface area contributed by atoms with Gasteiger partial charge in [-0.1, -0.05) is 33.6 Å². The smallest absolute Gasteiger partial charge is 0.139 e. The fraction of sp³-hybridized carbons (Fsp3) is 0.625. The Morgan fingerprint density at radius 1 is 1.39 bits per heavy atom. The van der Waals surface area contributed by atoms with E-state index in [1.807, 2.05) is 0 Å². The minimum Gasteiger partial charge on any atom is -0.490 e. The first-order valence-corrected chi connectivity index (χ1v) is 7.28. The van der Waals surface area contributed by atoms with E-state index in [2.05, 4.69) is 43.5 Å². The molecular weight excluding hydrogens is 222 g/mol. The monoisotopic (exact) mass is 247 g/mol. The lowest BCUT2D eigenvalue weighted by atomic mass is 10.0. The Balaban J connectivity index is 2.18. The molecule has 0 saturated carbocycles. The Labute approximate surface area is 111 Å². The Kier molecular flexibility index (Phi) is 4.51. The molecule has 1 aliphatic rings. The lowest BCUT2D eigenvalue weighted by Gasteiger charge is -2.23. The van der Waals surface area contributed by atoms with Crippen LogP contribution in [0.15, 0.2) is 18.2 Å². The average Bonchev–Trinajstić information content (AvgIpc) is 2.74. The number of nitrogens with zero attached hydrogens (tertiary/aromatic N) is 1. The quantitative estimate of drug-likeness (QED) is 0.758. The predicted octanol–water partition coefficient (Wildman–Crippen LogP) is 4.25. The van der Waals surface area contributed by atoms with Gasteiger partial charge in [0.25, 0.3) is 0 Å². The Morgan fingerprint density at radius 3 is 2.94 bits per heavy atom. The van der Waals surface area contributed by atoms with Crippen LogP contribution in [-0.4, -0.2) is 11.2 Å². The molecule has 0 saturated heterocycles. The first-order chi connectivity index (χ1) is 8.76. The van der Waals surface area contributed by atoms with E-state index in [4.69, 9.17) is 4.74 Å². The molecule has 2 heteroatoms. The molecule has 18 heavy (non-hydrogen) atoms. The summed E-state index contributed by atoms with van der Waals surface area (Å²) in [4.78, 5) is 0. The number of allylic oxidation sites excluding steroid dienone is 1. The summed E-state index contributed by atoms with van der Waals surface area (Å²) in [5, 5.41) is 0. The molecule has 1 unspecified atom stereocenters. The molecule has 100 valence electrons. The molecule has 0 spiro atoms. The van der Waals surface area contributed by atoms with E-state index in [-0.39, 0.29) is 0 Å². The maximum atomic E-state index is 5.75. The second-order valence-corrected chi connectivity index (χ2v) is 5.28. The third kappa shape index (κ3) is 2.80. The van der Waals surface area contributed by atoms with Gasteiger partial charge in [0, 0.05) is 5.69 Å². The van der Waals surface area contributed by atoms with E-state index in [9.17, 15) is 0 Å². The topological polar surface area (TPSA) is 14.2 Å². The van der Waals surface area contributed by atoms with Gasteiger partial charge in [-0.15, -0.1) is 0 Å². The summed E-state index contributed by atoms with van der Waals surface area (Å²) < 4.78 is 8.19. The molecule has 1 aromatic rings. The molecule has 0 amide bonds. The van der Waals surface area contributed by atoms with Gasteiger partial charge in [0.2, 0.25) is 0 Å². The number of hydrogen-bond donors (Lipinski definition) is 0. The molecule has 1 aliphatic heterocycles. The first-order valence-electron chi connectivity index (χ1n) is 7.28. The molecule has 0 fully saturated rings. The maximum Gasteiger partial charge on any atom is 0.139 e. The maximum absolute atomic E-state index is 5.75. The predicted molar refractivity (Wildman–Crippen MR) is 76.4 cm³/mol. The molecule has 0 aliphatic carbocycles. The SMILES string of the molecule is CC/C=C1/OCCn2c(CC(C)CCC)ccc21. The summed E-state index contributed by atoms with van der Waals surface area (Å²) in [7, 11) is 0. The first kappa shape index (κ1) is 13.3. The molecule has 2 heterocycles. The van der Waals surface area contributed by atoms with Crippen LogP contribution in [0.5, 0.6) is 0 Å². The minimum absolute atomic E-state index is 0.774. The van der Waals surface area contributed by atoms with E-state index in [0.717, 1.165) is 31.2 Å². The van der Waals surface area contributed by atoms with Gasteiger partial charge in [0.05, 0.1) is 12.2 Å². The van der Waals surface area contributed by atoms with Crippen molar-refractivity contribution in [1.82, 2.24) is 4.57 Å². The van der Waals surface area contributed by atoms with E-state index >= 15 is 0 Å². The number of hydrogen-bond acceptors (Lipinski definition) is 1. The largest absolute Gasteiger partial charge is 0.490 e. The van der Waals surface area contributed by atoms with Gasteiger partial charge in [-0.3, -0.25) is 0 Å². The van der Waals surface area contributed by atoms with E-state index in [1.165, 1.54) is 30.7 Å². The lowest BCUT2D eigenvalue weighted by Crippen LogP contribution is -2.18. The zero-order valence-electron chi connectivity index (χ0n) is 11.9. The van der Waals surface area contributed by atoms with Gasteiger partial charge in [0.1, 0.15) is 12.4 Å². The summed E-state index contributed by atoms with van der Waals surface area (Å²) in [5.74, 6) is 1.84. The van der Waals surface area contributed by atoms with Crippen LogP contribution in [0.4, 0.5) is 0 Å². The zero-order chi connectivity index (χ0) is 13.0. The normalized spacial score (nSPS) is 18.5. The third-order valence-electron chi connectivity index (χ3n) is 3.62. The zero-order valence-corrected chi connectivity index (χ0v) is 11.9. The van der Waals surface area contributed by atoms with Crippen molar-refractivity contribution in [2.75, 3.05) is 6.61 Å². The summed E-state index contributed by atoms with van der Waals surface area (Å²) >= 11 is 0. The Morgan fingerprint density at radius 2 is 2.22 bits per heavy atom. The molecular formula is C16H25NO. The number of aromatic nitrogens is 1. The Bertz CT molecular complexity index is 417. The fourth-order valence-corrected chi connectivity index (χ4v) is 2.79. The third-order valence-corrected chi connectivity index (χ3v) is 3.62. The number of rotatable bonds is 5. The summed E-state index contributed by atoms with van der Waals surface area (Å²) in [5.41, 5.74) is 2.73. The van der Waals surface area contributed by atoms with Gasteiger partial charge in [-0.05, 0) is 37.0 Å². The minimum atomic E-state index is 0.774. The summed E-state index contributed by atoms with van der Waals surface area (Å²) in [6, 6.07) is 4.49. The van der Waals surface area contributed by atoms with Crippen LogP contribution in [0.2, 0.25) is 0 Å². The molecule has 2 nitrogen and oxygen atoms in total. The fourth-order valence-electron chi connectivity index (χ4n) is 2.79. The molecule has 1 atom stereocenters. The van der Waals surface area contributed by atoms with Gasteiger partial charge >= 0.3 is 0 Å². The van der Waals surface area contributed by atoms with Crippen LogP contribution in [0.1, 0.15) is 51.4 Å². The van der Waals surface area contributed by atoms with Crippen LogP contribution in [0.25, 0.3) is 5.76 Å². The van der Waals surface area contributed by atoms with Crippen LogP contribution in [0, 0.1) is 5.92 Å². The van der Waals surface area contributed by atoms with Crippen LogP contribution >= 0.6 is 0 Å². The van der Waals surface area contributed by atoms with Crippen LogP contribution in [-0.2, 0) is 17.7 Å². The van der Waals surface area contributed by atoms with Crippen molar-refractivity contribution < 1.29 is 4.74 Å². The molecule has 0 N–H and O–H groups in total. The van der Waals surface area contributed by atoms with Gasteiger partial charge in [-0.25, -0.2) is 0 Å². The van der Waals surface area contributed by atoms with Crippen molar-refractivity contribution in [2.24, 2.45) is 5.92 Å². The van der Waals surface area contributed by atoms with Crippen LogP contribution < -0.4 is 0 Å². The van der Waals surface area contributed by atoms with Crippen molar-refractivity contribution in [3.05, 3.63) is 29.6 Å². The van der Waals surface area contributed by atoms with Crippen LogP contribution in [0.3, 0.4) is 0 Å². The summed E-state index contributed by atoms with van der Waals surface area (Å²) in [6.45, 7) is 8.58. The molecule has 0 radical (unpaired) electrons. The van der Waals surface area contributed by atoms with Crippen molar-refractivity contribution in [2.45, 2.75) is 53.0 Å². The van der Waals surface area contributed by atoms with Gasteiger partial charge < -0.3 is 9.30 Å². The van der Waals surface area contributed by atoms with Crippen molar-refractivity contribution in [3.63, 3.8) is 0 Å².